The molecule has 0 bridgehead atoms. The molecular formula is C27H26N4O5. The Morgan fingerprint density at radius 3 is 2.47 bits per heavy atom. The lowest BCUT2D eigenvalue weighted by molar-refractivity contribution is 0.0602. The van der Waals surface area contributed by atoms with Gasteiger partial charge in [0.1, 0.15) is 5.75 Å². The summed E-state index contributed by atoms with van der Waals surface area (Å²) >= 11 is 0. The van der Waals surface area contributed by atoms with Gasteiger partial charge in [-0.25, -0.2) is 19.1 Å². The zero-order chi connectivity index (χ0) is 25.6. The van der Waals surface area contributed by atoms with Crippen LogP contribution in [0.5, 0.6) is 5.75 Å². The van der Waals surface area contributed by atoms with Crippen LogP contribution in [0.1, 0.15) is 51.6 Å². The molecule has 0 aliphatic heterocycles. The zero-order valence-electron chi connectivity index (χ0n) is 20.6. The second-order valence-corrected chi connectivity index (χ2v) is 8.95. The van der Waals surface area contributed by atoms with E-state index in [0.717, 1.165) is 28.5 Å². The topological polar surface area (TPSA) is 105 Å². The van der Waals surface area contributed by atoms with Gasteiger partial charge in [0, 0.05) is 28.9 Å². The summed E-state index contributed by atoms with van der Waals surface area (Å²) in [6, 6.07) is 10.6. The molecule has 36 heavy (non-hydrogen) atoms. The molecule has 0 saturated heterocycles. The fraction of sp³-hybridized carbons (Fsp3) is 0.296. The van der Waals surface area contributed by atoms with Crippen molar-refractivity contribution in [2.24, 2.45) is 0 Å². The molecule has 1 fully saturated rings. The van der Waals surface area contributed by atoms with Gasteiger partial charge in [-0.1, -0.05) is 18.2 Å². The molecule has 0 radical (unpaired) electrons. The maximum atomic E-state index is 13.9. The fourth-order valence-corrected chi connectivity index (χ4v) is 4.55. The van der Waals surface area contributed by atoms with Gasteiger partial charge in [-0.05, 0) is 44.9 Å². The molecule has 1 aliphatic carbocycles. The Labute approximate surface area is 207 Å². The summed E-state index contributed by atoms with van der Waals surface area (Å²) in [4.78, 5) is 49.8. The molecule has 3 heterocycles. The number of fused-ring (bicyclic) bond motifs is 1. The lowest BCUT2D eigenvalue weighted by Crippen LogP contribution is -2.41. The third kappa shape index (κ3) is 3.86. The van der Waals surface area contributed by atoms with Crippen molar-refractivity contribution in [3.63, 3.8) is 0 Å². The molecule has 1 aliphatic rings. The number of hydrogen-bond acceptors (Lipinski definition) is 7. The lowest BCUT2D eigenvalue weighted by atomic mass is 10.1. The lowest BCUT2D eigenvalue weighted by Gasteiger charge is -2.17. The molecule has 9 nitrogen and oxygen atoms in total. The van der Waals surface area contributed by atoms with Crippen molar-refractivity contribution in [2.45, 2.75) is 39.2 Å². The van der Waals surface area contributed by atoms with Crippen LogP contribution < -0.4 is 16.0 Å². The van der Waals surface area contributed by atoms with Crippen LogP contribution in [0.3, 0.4) is 0 Å². The fourth-order valence-electron chi connectivity index (χ4n) is 4.55. The number of esters is 1. The summed E-state index contributed by atoms with van der Waals surface area (Å²) in [6.45, 7) is 3.60. The minimum atomic E-state index is -0.655. The average molecular weight is 487 g/mol. The van der Waals surface area contributed by atoms with E-state index in [9.17, 15) is 14.4 Å². The van der Waals surface area contributed by atoms with E-state index < -0.39 is 17.2 Å². The van der Waals surface area contributed by atoms with Crippen molar-refractivity contribution in [1.29, 1.82) is 0 Å². The predicted molar refractivity (Wildman–Crippen MR) is 134 cm³/mol. The predicted octanol–water partition coefficient (Wildman–Crippen LogP) is 3.28. The average Bonchev–Trinajstić information content (AvgIpc) is 3.73. The highest BCUT2D eigenvalue weighted by Crippen LogP contribution is 2.40. The Morgan fingerprint density at radius 2 is 1.83 bits per heavy atom. The van der Waals surface area contributed by atoms with Gasteiger partial charge in [-0.3, -0.25) is 14.3 Å². The summed E-state index contributed by atoms with van der Waals surface area (Å²) in [5, 5.41) is 0.0337. The molecule has 0 N–H and O–H groups in total. The number of aromatic nitrogens is 4. The molecule has 3 aromatic heterocycles. The van der Waals surface area contributed by atoms with Crippen LogP contribution in [-0.2, 0) is 11.3 Å². The van der Waals surface area contributed by atoms with E-state index in [1.807, 2.05) is 19.9 Å². The summed E-state index contributed by atoms with van der Waals surface area (Å²) in [7, 11) is 2.83. The van der Waals surface area contributed by atoms with Gasteiger partial charge in [0.15, 0.2) is 5.65 Å². The van der Waals surface area contributed by atoms with Crippen LogP contribution in [0.2, 0.25) is 0 Å². The van der Waals surface area contributed by atoms with Crippen LogP contribution in [0.4, 0.5) is 0 Å². The first-order valence-corrected chi connectivity index (χ1v) is 11.7. The van der Waals surface area contributed by atoms with Gasteiger partial charge < -0.3 is 9.47 Å². The second-order valence-electron chi connectivity index (χ2n) is 8.95. The number of para-hydroxylation sites is 1. The van der Waals surface area contributed by atoms with Gasteiger partial charge in [0.2, 0.25) is 0 Å². The van der Waals surface area contributed by atoms with Crippen molar-refractivity contribution in [3.05, 3.63) is 91.5 Å². The Hall–Kier alpha value is -4.27. The minimum absolute atomic E-state index is 0.0337. The highest BCUT2D eigenvalue weighted by molar-refractivity contribution is 6.02. The summed E-state index contributed by atoms with van der Waals surface area (Å²) in [5.41, 5.74) is 2.32. The molecule has 184 valence electrons. The highest BCUT2D eigenvalue weighted by atomic mass is 16.5. The van der Waals surface area contributed by atoms with Gasteiger partial charge in [-0.15, -0.1) is 0 Å². The maximum Gasteiger partial charge on any atom is 0.338 e. The standard InChI is InChI=1S/C27H26N4O5/c1-15-13-28-21(16(2)23(15)35-3)14-30-25(32)22-19(26(33)36-4)12-20(17-10-11-17)29-24(22)31(27(30)34)18-8-6-5-7-9-18/h5-9,12-13,17H,10-11,14H2,1-4H3. The normalized spacial score (nSPS) is 13.1. The number of ether oxygens (including phenoxy) is 2. The van der Waals surface area contributed by atoms with Crippen molar-refractivity contribution < 1.29 is 14.3 Å². The number of rotatable bonds is 6. The number of aryl methyl sites for hydroxylation is 1. The third-order valence-electron chi connectivity index (χ3n) is 6.59. The van der Waals surface area contributed by atoms with Crippen molar-refractivity contribution >= 4 is 17.0 Å². The molecule has 4 aromatic rings. The van der Waals surface area contributed by atoms with Gasteiger partial charge in [0.25, 0.3) is 5.56 Å². The van der Waals surface area contributed by atoms with E-state index in [0.29, 0.717) is 22.8 Å². The Balaban J connectivity index is 1.87. The van der Waals surface area contributed by atoms with E-state index >= 15 is 0 Å². The molecule has 1 aromatic carbocycles. The Kier molecular flexibility index (Phi) is 5.91. The quantitative estimate of drug-likeness (QED) is 0.385. The molecule has 5 rings (SSSR count). The number of carbonyl (C=O) groups excluding carboxylic acids is 1. The van der Waals surface area contributed by atoms with Crippen LogP contribution >= 0.6 is 0 Å². The van der Waals surface area contributed by atoms with E-state index in [1.54, 1.807) is 43.6 Å². The van der Waals surface area contributed by atoms with Gasteiger partial charge in [0.05, 0.1) is 43.1 Å². The molecule has 9 heteroatoms. The largest absolute Gasteiger partial charge is 0.496 e. The van der Waals surface area contributed by atoms with Gasteiger partial charge >= 0.3 is 11.7 Å². The summed E-state index contributed by atoms with van der Waals surface area (Å²) in [5.74, 6) is 0.173. The summed E-state index contributed by atoms with van der Waals surface area (Å²) < 4.78 is 13.0. The number of nitrogens with zero attached hydrogens (tertiary/aromatic N) is 4. The van der Waals surface area contributed by atoms with Crippen molar-refractivity contribution in [3.8, 4) is 11.4 Å². The van der Waals surface area contributed by atoms with Crippen LogP contribution in [0.15, 0.2) is 52.2 Å². The van der Waals surface area contributed by atoms with Crippen molar-refractivity contribution in [1.82, 2.24) is 19.1 Å². The molecule has 0 amide bonds. The first-order chi connectivity index (χ1) is 17.3. The van der Waals surface area contributed by atoms with E-state index in [4.69, 9.17) is 14.5 Å². The third-order valence-corrected chi connectivity index (χ3v) is 6.59. The highest BCUT2D eigenvalue weighted by Gasteiger charge is 2.30. The first kappa shape index (κ1) is 23.5. The van der Waals surface area contributed by atoms with Gasteiger partial charge in [-0.2, -0.15) is 0 Å². The smallest absolute Gasteiger partial charge is 0.338 e. The number of pyridine rings is 2. The number of methoxy groups -OCH3 is 2. The van der Waals surface area contributed by atoms with Crippen molar-refractivity contribution in [2.75, 3.05) is 14.2 Å². The molecule has 0 unspecified atom stereocenters. The van der Waals surface area contributed by atoms with Crippen LogP contribution in [0, 0.1) is 13.8 Å². The zero-order valence-corrected chi connectivity index (χ0v) is 20.6. The number of hydrogen-bond donors (Lipinski definition) is 0. The minimum Gasteiger partial charge on any atom is -0.496 e. The van der Waals surface area contributed by atoms with E-state index in [1.165, 1.54) is 11.7 Å². The molecule has 0 atom stereocenters. The monoisotopic (exact) mass is 486 g/mol. The van der Waals surface area contributed by atoms with E-state index in [-0.39, 0.29) is 29.1 Å². The number of carbonyl (C=O) groups is 1. The summed E-state index contributed by atoms with van der Waals surface area (Å²) in [6.07, 6.45) is 3.52. The molecular weight excluding hydrogens is 460 g/mol. The maximum absolute atomic E-state index is 13.9. The SMILES string of the molecule is COC(=O)c1cc(C2CC2)nc2c1c(=O)n(Cc1ncc(C)c(OC)c1C)c(=O)n2-c1ccccc1. The van der Waals surface area contributed by atoms with E-state index in [2.05, 4.69) is 4.98 Å². The first-order valence-electron chi connectivity index (χ1n) is 11.7. The molecule has 1 saturated carbocycles. The Bertz CT molecular complexity index is 1620. The van der Waals surface area contributed by atoms with Crippen LogP contribution in [0.25, 0.3) is 16.7 Å². The number of benzene rings is 1. The second kappa shape index (κ2) is 9.07. The Morgan fingerprint density at radius 1 is 1.11 bits per heavy atom. The molecule has 0 spiro atoms. The van der Waals surface area contributed by atoms with Crippen LogP contribution in [-0.4, -0.2) is 39.3 Å².